The van der Waals surface area contributed by atoms with Gasteiger partial charge in [0.25, 0.3) is 5.91 Å². The molecule has 0 fully saturated rings. The Bertz CT molecular complexity index is 689. The zero-order chi connectivity index (χ0) is 17.5. The van der Waals surface area contributed by atoms with Gasteiger partial charge in [0.15, 0.2) is 0 Å². The molecule has 0 spiro atoms. The van der Waals surface area contributed by atoms with Crippen LogP contribution < -0.4 is 15.4 Å². The predicted molar refractivity (Wildman–Crippen MR) is 95.1 cm³/mol. The highest BCUT2D eigenvalue weighted by atomic mass is 35.5. The van der Waals surface area contributed by atoms with E-state index in [2.05, 4.69) is 34.4 Å². The Hall–Kier alpha value is -2.34. The molecule has 1 aromatic heterocycles. The van der Waals surface area contributed by atoms with E-state index in [-0.39, 0.29) is 5.91 Å². The quantitative estimate of drug-likeness (QED) is 0.798. The van der Waals surface area contributed by atoms with Crippen LogP contribution in [-0.4, -0.2) is 29.5 Å². The summed E-state index contributed by atoms with van der Waals surface area (Å²) in [6.45, 7) is 4.86. The van der Waals surface area contributed by atoms with Crippen LogP contribution in [0.1, 0.15) is 30.6 Å². The van der Waals surface area contributed by atoms with Gasteiger partial charge in [0.05, 0.1) is 18.4 Å². The minimum atomic E-state index is -0.178. The minimum Gasteiger partial charge on any atom is -0.495 e. The largest absolute Gasteiger partial charge is 0.495 e. The molecule has 1 amide bonds. The number of halogens is 1. The zero-order valence-electron chi connectivity index (χ0n) is 14.0. The monoisotopic (exact) mass is 348 g/mol. The second-order valence-electron chi connectivity index (χ2n) is 5.70. The molecule has 0 saturated heterocycles. The number of ether oxygens (including phenoxy) is 1. The third kappa shape index (κ3) is 5.09. The van der Waals surface area contributed by atoms with Crippen molar-refractivity contribution in [2.24, 2.45) is 5.92 Å². The molecule has 0 aliphatic carbocycles. The molecule has 0 radical (unpaired) electrons. The lowest BCUT2D eigenvalue weighted by Gasteiger charge is -2.10. The maximum atomic E-state index is 12.0. The molecule has 0 bridgehead atoms. The van der Waals surface area contributed by atoms with Gasteiger partial charge < -0.3 is 15.4 Å². The summed E-state index contributed by atoms with van der Waals surface area (Å²) in [7, 11) is 1.57. The van der Waals surface area contributed by atoms with Gasteiger partial charge in [-0.3, -0.25) is 4.79 Å². The van der Waals surface area contributed by atoms with Gasteiger partial charge in [-0.25, -0.2) is 9.97 Å². The summed E-state index contributed by atoms with van der Waals surface area (Å²) in [5.74, 6) is 1.34. The summed E-state index contributed by atoms with van der Waals surface area (Å²) < 4.78 is 5.26. The van der Waals surface area contributed by atoms with E-state index in [1.807, 2.05) is 0 Å². The van der Waals surface area contributed by atoms with Crippen molar-refractivity contribution in [1.82, 2.24) is 15.3 Å². The molecule has 0 aliphatic rings. The third-order valence-electron chi connectivity index (χ3n) is 3.33. The number of nitrogens with zero attached hydrogens (tertiary/aromatic N) is 2. The number of nitrogens with one attached hydrogen (secondary N) is 2. The number of hydrogen-bond acceptors (Lipinski definition) is 5. The molecule has 0 saturated carbocycles. The van der Waals surface area contributed by atoms with Crippen LogP contribution in [0.25, 0.3) is 0 Å². The molecule has 2 aromatic rings. The van der Waals surface area contributed by atoms with E-state index < -0.39 is 0 Å². The van der Waals surface area contributed by atoms with Crippen LogP contribution in [-0.2, 0) is 0 Å². The fraction of sp³-hybridized carbons (Fsp3) is 0.353. The Balaban J connectivity index is 2.02. The normalized spacial score (nSPS) is 10.5. The van der Waals surface area contributed by atoms with E-state index >= 15 is 0 Å². The van der Waals surface area contributed by atoms with Crippen LogP contribution in [0.5, 0.6) is 5.75 Å². The lowest BCUT2D eigenvalue weighted by Crippen LogP contribution is -2.25. The first-order chi connectivity index (χ1) is 11.5. The van der Waals surface area contributed by atoms with Crippen LogP contribution in [0.2, 0.25) is 5.02 Å². The van der Waals surface area contributed by atoms with Crippen LogP contribution in [0.4, 0.5) is 11.6 Å². The number of carbonyl (C=O) groups is 1. The minimum absolute atomic E-state index is 0.178. The van der Waals surface area contributed by atoms with Gasteiger partial charge in [-0.2, -0.15) is 0 Å². The van der Waals surface area contributed by atoms with Crippen molar-refractivity contribution < 1.29 is 9.53 Å². The first-order valence-electron chi connectivity index (χ1n) is 7.70. The summed E-state index contributed by atoms with van der Waals surface area (Å²) in [6.07, 6.45) is 3.90. The van der Waals surface area contributed by atoms with Crippen molar-refractivity contribution >= 4 is 29.1 Å². The van der Waals surface area contributed by atoms with Crippen molar-refractivity contribution in [2.45, 2.75) is 20.3 Å². The maximum Gasteiger partial charge on any atom is 0.254 e. The van der Waals surface area contributed by atoms with Gasteiger partial charge in [0, 0.05) is 24.0 Å². The Morgan fingerprint density at radius 2 is 2.00 bits per heavy atom. The highest BCUT2D eigenvalue weighted by Gasteiger charge is 2.09. The highest BCUT2D eigenvalue weighted by Crippen LogP contribution is 2.29. The van der Waals surface area contributed by atoms with Gasteiger partial charge in [-0.15, -0.1) is 0 Å². The van der Waals surface area contributed by atoms with Crippen LogP contribution in [0.3, 0.4) is 0 Å². The van der Waals surface area contributed by atoms with Crippen molar-refractivity contribution in [3.8, 4) is 5.75 Å². The van der Waals surface area contributed by atoms with E-state index in [1.165, 1.54) is 12.4 Å². The molecule has 2 N–H and O–H groups in total. The first-order valence-corrected chi connectivity index (χ1v) is 8.08. The van der Waals surface area contributed by atoms with Crippen LogP contribution in [0, 0.1) is 5.92 Å². The van der Waals surface area contributed by atoms with Crippen LogP contribution in [0.15, 0.2) is 30.6 Å². The summed E-state index contributed by atoms with van der Waals surface area (Å²) >= 11 is 5.99. The molecule has 6 nitrogen and oxygen atoms in total. The van der Waals surface area contributed by atoms with Crippen molar-refractivity contribution in [3.63, 3.8) is 0 Å². The number of aromatic nitrogens is 2. The molecular weight excluding hydrogens is 328 g/mol. The summed E-state index contributed by atoms with van der Waals surface area (Å²) in [4.78, 5) is 20.3. The second-order valence-corrected chi connectivity index (χ2v) is 6.14. The maximum absolute atomic E-state index is 12.0. The molecule has 128 valence electrons. The van der Waals surface area contributed by atoms with Gasteiger partial charge in [0.1, 0.15) is 5.75 Å². The molecule has 0 unspecified atom stereocenters. The standard InChI is InChI=1S/C17H21ClN4O2/c1-11(2)6-7-19-16(23)12-9-20-17(21-10-12)22-14-8-13(18)4-5-15(14)24-3/h4-5,8-11H,6-7H2,1-3H3,(H,19,23)(H,20,21,22). The van der Waals surface area contributed by atoms with Crippen LogP contribution >= 0.6 is 11.6 Å². The second kappa shape index (κ2) is 8.49. The fourth-order valence-corrected chi connectivity index (χ4v) is 2.16. The zero-order valence-corrected chi connectivity index (χ0v) is 14.7. The third-order valence-corrected chi connectivity index (χ3v) is 3.56. The Labute approximate surface area is 146 Å². The van der Waals surface area contributed by atoms with E-state index in [4.69, 9.17) is 16.3 Å². The molecule has 7 heteroatoms. The highest BCUT2D eigenvalue weighted by molar-refractivity contribution is 6.31. The molecule has 1 aromatic carbocycles. The summed E-state index contributed by atoms with van der Waals surface area (Å²) in [5.41, 5.74) is 1.07. The molecule has 0 atom stereocenters. The molecule has 2 rings (SSSR count). The fourth-order valence-electron chi connectivity index (χ4n) is 1.98. The lowest BCUT2D eigenvalue weighted by atomic mass is 10.1. The van der Waals surface area contributed by atoms with E-state index in [9.17, 15) is 4.79 Å². The Morgan fingerprint density at radius 3 is 2.62 bits per heavy atom. The van der Waals surface area contributed by atoms with Gasteiger partial charge in [-0.1, -0.05) is 25.4 Å². The average Bonchev–Trinajstić information content (AvgIpc) is 2.55. The van der Waals surface area contributed by atoms with E-state index in [0.29, 0.717) is 40.4 Å². The smallest absolute Gasteiger partial charge is 0.254 e. The lowest BCUT2D eigenvalue weighted by molar-refractivity contribution is 0.0951. The van der Waals surface area contributed by atoms with Crippen molar-refractivity contribution in [2.75, 3.05) is 19.0 Å². The average molecular weight is 349 g/mol. The summed E-state index contributed by atoms with van der Waals surface area (Å²) in [5, 5.41) is 6.44. The topological polar surface area (TPSA) is 76.1 Å². The number of benzene rings is 1. The summed E-state index contributed by atoms with van der Waals surface area (Å²) in [6, 6.07) is 5.20. The number of amides is 1. The van der Waals surface area contributed by atoms with E-state index in [0.717, 1.165) is 6.42 Å². The molecule has 1 heterocycles. The number of methoxy groups -OCH3 is 1. The predicted octanol–water partition coefficient (Wildman–Crippen LogP) is 3.66. The van der Waals surface area contributed by atoms with E-state index in [1.54, 1.807) is 25.3 Å². The number of rotatable bonds is 7. The van der Waals surface area contributed by atoms with Gasteiger partial charge >= 0.3 is 0 Å². The van der Waals surface area contributed by atoms with Gasteiger partial charge in [0.2, 0.25) is 5.95 Å². The van der Waals surface area contributed by atoms with Gasteiger partial charge in [-0.05, 0) is 30.5 Å². The first kappa shape index (κ1) is 18.0. The number of hydrogen-bond donors (Lipinski definition) is 2. The Morgan fingerprint density at radius 1 is 1.29 bits per heavy atom. The van der Waals surface area contributed by atoms with Crippen molar-refractivity contribution in [3.05, 3.63) is 41.2 Å². The number of anilines is 2. The Kier molecular flexibility index (Phi) is 6.37. The van der Waals surface area contributed by atoms with Crippen molar-refractivity contribution in [1.29, 1.82) is 0 Å². The SMILES string of the molecule is COc1ccc(Cl)cc1Nc1ncc(C(=O)NCCC(C)C)cn1. The molecule has 24 heavy (non-hydrogen) atoms. The molecule has 0 aliphatic heterocycles. The number of carbonyl (C=O) groups excluding carboxylic acids is 1. The molecular formula is C17H21ClN4O2.